The zero-order valence-corrected chi connectivity index (χ0v) is 7.48. The van der Waals surface area contributed by atoms with Gasteiger partial charge in [-0.1, -0.05) is 0 Å². The summed E-state index contributed by atoms with van der Waals surface area (Å²) < 4.78 is 30.4. The van der Waals surface area contributed by atoms with Crippen molar-refractivity contribution in [3.05, 3.63) is 0 Å². The Morgan fingerprint density at radius 2 is 2.31 bits per heavy atom. The maximum atomic E-state index is 13.2. The first kappa shape index (κ1) is 10.4. The quantitative estimate of drug-likeness (QED) is 0.659. The van der Waals surface area contributed by atoms with Crippen LogP contribution in [-0.4, -0.2) is 32.1 Å². The molecular weight excluding hydrogens is 180 g/mol. The number of piperidine rings is 1. The predicted molar refractivity (Wildman–Crippen MR) is 42.6 cm³/mol. The van der Waals surface area contributed by atoms with Gasteiger partial charge in [-0.2, -0.15) is 8.78 Å². The molecule has 76 valence electrons. The van der Waals surface area contributed by atoms with Gasteiger partial charge in [-0.3, -0.25) is 0 Å². The molecule has 1 fully saturated rings. The van der Waals surface area contributed by atoms with Crippen LogP contribution in [0.5, 0.6) is 0 Å². The summed E-state index contributed by atoms with van der Waals surface area (Å²) in [5, 5.41) is 2.83. The number of methoxy groups -OCH3 is 1. The first-order chi connectivity index (χ1) is 6.09. The molecule has 1 saturated heterocycles. The molecule has 0 spiro atoms. The van der Waals surface area contributed by atoms with Crippen LogP contribution in [0.3, 0.4) is 0 Å². The van der Waals surface area contributed by atoms with Gasteiger partial charge in [-0.25, -0.2) is 4.79 Å². The van der Waals surface area contributed by atoms with Gasteiger partial charge in [0, 0.05) is 12.5 Å². The molecule has 1 rings (SSSR count). The summed E-state index contributed by atoms with van der Waals surface area (Å²) in [5.41, 5.74) is 0. The van der Waals surface area contributed by atoms with Crippen LogP contribution in [-0.2, 0) is 9.53 Å². The summed E-state index contributed by atoms with van der Waals surface area (Å²) in [7, 11) is 0.979. The Hall–Kier alpha value is -0.710. The van der Waals surface area contributed by atoms with E-state index in [1.807, 2.05) is 0 Å². The van der Waals surface area contributed by atoms with E-state index < -0.39 is 17.8 Å². The van der Waals surface area contributed by atoms with Crippen molar-refractivity contribution in [3.8, 4) is 0 Å². The van der Waals surface area contributed by atoms with E-state index in [1.54, 1.807) is 0 Å². The third kappa shape index (κ3) is 2.15. The lowest BCUT2D eigenvalue weighted by Gasteiger charge is -2.28. The molecule has 1 N–H and O–H groups in total. The number of esters is 1. The zero-order chi connectivity index (χ0) is 9.90. The summed E-state index contributed by atoms with van der Waals surface area (Å²) in [6.45, 7) is 0.926. The van der Waals surface area contributed by atoms with E-state index in [4.69, 9.17) is 0 Å². The van der Waals surface area contributed by atoms with Gasteiger partial charge >= 0.3 is 11.9 Å². The van der Waals surface area contributed by atoms with Gasteiger partial charge in [0.25, 0.3) is 0 Å². The average molecular weight is 193 g/mol. The van der Waals surface area contributed by atoms with Gasteiger partial charge in [-0.05, 0) is 19.4 Å². The minimum Gasteiger partial charge on any atom is -0.465 e. The highest BCUT2D eigenvalue weighted by Gasteiger charge is 2.48. The van der Waals surface area contributed by atoms with E-state index in [0.29, 0.717) is 12.8 Å². The van der Waals surface area contributed by atoms with E-state index in [1.165, 1.54) is 0 Å². The largest absolute Gasteiger partial charge is 0.465 e. The van der Waals surface area contributed by atoms with Crippen molar-refractivity contribution in [3.63, 3.8) is 0 Å². The maximum absolute atomic E-state index is 13.2. The lowest BCUT2D eigenvalue weighted by molar-refractivity contribution is -0.178. The molecule has 5 heteroatoms. The molecule has 0 saturated carbocycles. The lowest BCUT2D eigenvalue weighted by atomic mass is 9.93. The first-order valence-electron chi connectivity index (χ1n) is 4.26. The van der Waals surface area contributed by atoms with Gasteiger partial charge in [0.2, 0.25) is 0 Å². The second-order valence-electron chi connectivity index (χ2n) is 3.16. The number of alkyl halides is 2. The highest BCUT2D eigenvalue weighted by Crippen LogP contribution is 2.30. The Balaban J connectivity index is 2.60. The van der Waals surface area contributed by atoms with Crippen molar-refractivity contribution in [2.75, 3.05) is 20.2 Å². The van der Waals surface area contributed by atoms with Crippen LogP contribution >= 0.6 is 0 Å². The molecule has 3 nitrogen and oxygen atoms in total. The number of hydrogen-bond donors (Lipinski definition) is 1. The topological polar surface area (TPSA) is 38.3 Å². The zero-order valence-electron chi connectivity index (χ0n) is 7.48. The monoisotopic (exact) mass is 193 g/mol. The SMILES string of the molecule is COC(=O)C(F)(F)C1CCCNC1. The van der Waals surface area contributed by atoms with Crippen LogP contribution in [0.1, 0.15) is 12.8 Å². The Labute approximate surface area is 75.4 Å². The molecule has 0 aliphatic carbocycles. The highest BCUT2D eigenvalue weighted by molar-refractivity contribution is 5.77. The van der Waals surface area contributed by atoms with Gasteiger partial charge < -0.3 is 10.1 Å². The van der Waals surface area contributed by atoms with Crippen LogP contribution in [0.4, 0.5) is 8.78 Å². The van der Waals surface area contributed by atoms with Crippen molar-refractivity contribution in [2.24, 2.45) is 5.92 Å². The molecule has 1 aliphatic heterocycles. The number of carbonyl (C=O) groups is 1. The third-order valence-electron chi connectivity index (χ3n) is 2.27. The molecule has 0 aromatic heterocycles. The number of nitrogens with one attached hydrogen (secondary N) is 1. The molecule has 1 aliphatic rings. The molecule has 0 aromatic carbocycles. The van der Waals surface area contributed by atoms with Crippen LogP contribution in [0.2, 0.25) is 0 Å². The van der Waals surface area contributed by atoms with Crippen molar-refractivity contribution in [1.29, 1.82) is 0 Å². The van der Waals surface area contributed by atoms with E-state index in [9.17, 15) is 13.6 Å². The number of hydrogen-bond acceptors (Lipinski definition) is 3. The number of carbonyl (C=O) groups excluding carboxylic acids is 1. The molecule has 0 amide bonds. The average Bonchev–Trinajstić information content (AvgIpc) is 2.18. The van der Waals surface area contributed by atoms with Gasteiger partial charge in [0.05, 0.1) is 7.11 Å². The van der Waals surface area contributed by atoms with Crippen LogP contribution in [0, 0.1) is 5.92 Å². The predicted octanol–water partition coefficient (Wildman–Crippen LogP) is 0.794. The minimum atomic E-state index is -3.35. The summed E-state index contributed by atoms with van der Waals surface area (Å²) in [5.74, 6) is -5.70. The standard InChI is InChI=1S/C8H13F2NO2/c1-13-7(12)8(9,10)6-3-2-4-11-5-6/h6,11H,2-5H2,1H3. The number of rotatable bonds is 2. The van der Waals surface area contributed by atoms with Gasteiger partial charge in [0.1, 0.15) is 0 Å². The molecular formula is C8H13F2NO2. The van der Waals surface area contributed by atoms with E-state index in [-0.39, 0.29) is 6.54 Å². The molecule has 0 radical (unpaired) electrons. The molecule has 1 heterocycles. The normalized spacial score (nSPS) is 24.1. The second-order valence-corrected chi connectivity index (χ2v) is 3.16. The van der Waals surface area contributed by atoms with E-state index in [2.05, 4.69) is 10.1 Å². The van der Waals surface area contributed by atoms with Crippen molar-refractivity contribution < 1.29 is 18.3 Å². The molecule has 1 atom stereocenters. The first-order valence-corrected chi connectivity index (χ1v) is 4.26. The van der Waals surface area contributed by atoms with Crippen molar-refractivity contribution in [2.45, 2.75) is 18.8 Å². The fraction of sp³-hybridized carbons (Fsp3) is 0.875. The minimum absolute atomic E-state index is 0.183. The lowest BCUT2D eigenvalue weighted by Crippen LogP contribution is -2.46. The Bertz CT molecular complexity index is 191. The van der Waals surface area contributed by atoms with Crippen LogP contribution in [0.25, 0.3) is 0 Å². The fourth-order valence-electron chi connectivity index (χ4n) is 1.46. The second kappa shape index (κ2) is 4.00. The summed E-state index contributed by atoms with van der Waals surface area (Å²) in [6, 6.07) is 0. The molecule has 0 bridgehead atoms. The van der Waals surface area contributed by atoms with E-state index >= 15 is 0 Å². The van der Waals surface area contributed by atoms with E-state index in [0.717, 1.165) is 13.7 Å². The van der Waals surface area contributed by atoms with Crippen molar-refractivity contribution in [1.82, 2.24) is 5.32 Å². The Kier molecular flexibility index (Phi) is 3.19. The van der Waals surface area contributed by atoms with Gasteiger partial charge in [0.15, 0.2) is 0 Å². The van der Waals surface area contributed by atoms with Crippen molar-refractivity contribution >= 4 is 5.97 Å². The van der Waals surface area contributed by atoms with Crippen LogP contribution < -0.4 is 5.32 Å². The Morgan fingerprint density at radius 1 is 1.62 bits per heavy atom. The summed E-state index contributed by atoms with van der Waals surface area (Å²) >= 11 is 0. The number of halogens is 2. The molecule has 1 unspecified atom stereocenters. The summed E-state index contributed by atoms with van der Waals surface area (Å²) in [6.07, 6.45) is 1.05. The summed E-state index contributed by atoms with van der Waals surface area (Å²) in [4.78, 5) is 10.7. The third-order valence-corrected chi connectivity index (χ3v) is 2.27. The highest BCUT2D eigenvalue weighted by atomic mass is 19.3. The van der Waals surface area contributed by atoms with Gasteiger partial charge in [-0.15, -0.1) is 0 Å². The maximum Gasteiger partial charge on any atom is 0.377 e. The smallest absolute Gasteiger partial charge is 0.377 e. The fourth-order valence-corrected chi connectivity index (χ4v) is 1.46. The van der Waals surface area contributed by atoms with Crippen LogP contribution in [0.15, 0.2) is 0 Å². The molecule has 0 aromatic rings. The number of ether oxygens (including phenoxy) is 1. The molecule has 13 heavy (non-hydrogen) atoms. The Morgan fingerprint density at radius 3 is 2.77 bits per heavy atom.